The lowest BCUT2D eigenvalue weighted by Gasteiger charge is -2.35. The summed E-state index contributed by atoms with van der Waals surface area (Å²) >= 11 is 0. The molecule has 1 amide bonds. The van der Waals surface area contributed by atoms with Gasteiger partial charge in [0.15, 0.2) is 5.82 Å². The van der Waals surface area contributed by atoms with Crippen LogP contribution in [0.25, 0.3) is 0 Å². The number of hydrogen-bond donors (Lipinski definition) is 0. The molecule has 0 N–H and O–H groups in total. The van der Waals surface area contributed by atoms with E-state index in [2.05, 4.69) is 35.6 Å². The Labute approximate surface area is 137 Å². The molecule has 2 heterocycles. The van der Waals surface area contributed by atoms with Crippen LogP contribution in [0.1, 0.15) is 27.2 Å². The summed E-state index contributed by atoms with van der Waals surface area (Å²) in [6.07, 6.45) is 4.47. The Morgan fingerprint density at radius 2 is 2.00 bits per heavy atom. The second-order valence-electron chi connectivity index (χ2n) is 7.05. The van der Waals surface area contributed by atoms with Crippen LogP contribution in [0, 0.1) is 17.8 Å². The lowest BCUT2D eigenvalue weighted by molar-refractivity contribution is -0.133. The molecule has 2 atom stereocenters. The van der Waals surface area contributed by atoms with Gasteiger partial charge in [0.1, 0.15) is 0 Å². The fraction of sp³-hybridized carbons (Fsp3) is 0.706. The summed E-state index contributed by atoms with van der Waals surface area (Å²) in [4.78, 5) is 25.2. The Kier molecular flexibility index (Phi) is 4.68. The van der Waals surface area contributed by atoms with Gasteiger partial charge in [0, 0.05) is 32.1 Å². The second kappa shape index (κ2) is 6.72. The molecule has 0 spiro atoms. The van der Waals surface area contributed by atoms with Gasteiger partial charge < -0.3 is 14.5 Å². The first-order valence-corrected chi connectivity index (χ1v) is 8.53. The van der Waals surface area contributed by atoms with Gasteiger partial charge in [-0.3, -0.25) is 9.78 Å². The number of aromatic nitrogens is 2. The number of anilines is 1. The molecule has 1 aliphatic heterocycles. The number of rotatable bonds is 5. The van der Waals surface area contributed by atoms with Crippen LogP contribution in [0.15, 0.2) is 12.4 Å². The molecule has 23 heavy (non-hydrogen) atoms. The van der Waals surface area contributed by atoms with Crippen LogP contribution in [0.5, 0.6) is 5.88 Å². The molecule has 2 aliphatic rings. The second-order valence-corrected chi connectivity index (χ2v) is 7.05. The first-order valence-electron chi connectivity index (χ1n) is 8.53. The van der Waals surface area contributed by atoms with Crippen molar-refractivity contribution in [2.75, 3.05) is 37.7 Å². The van der Waals surface area contributed by atoms with Crippen LogP contribution in [0.2, 0.25) is 0 Å². The van der Waals surface area contributed by atoms with Gasteiger partial charge in [-0.25, -0.2) is 0 Å². The smallest absolute Gasteiger partial charge is 0.234 e. The number of amides is 1. The number of carbonyl (C=O) groups excluding carboxylic acids is 1. The van der Waals surface area contributed by atoms with Crippen LogP contribution in [-0.4, -0.2) is 53.6 Å². The van der Waals surface area contributed by atoms with Crippen molar-refractivity contribution in [2.24, 2.45) is 17.8 Å². The summed E-state index contributed by atoms with van der Waals surface area (Å²) < 4.78 is 5.64. The van der Waals surface area contributed by atoms with Crippen molar-refractivity contribution in [3.05, 3.63) is 12.4 Å². The fourth-order valence-corrected chi connectivity index (χ4v) is 2.87. The molecule has 2 fully saturated rings. The molecule has 3 rings (SSSR count). The minimum absolute atomic E-state index is 0.272. The van der Waals surface area contributed by atoms with Crippen molar-refractivity contribution in [1.82, 2.24) is 14.9 Å². The number of piperazine rings is 1. The van der Waals surface area contributed by atoms with Gasteiger partial charge in [-0.2, -0.15) is 4.98 Å². The molecule has 0 aromatic carbocycles. The summed E-state index contributed by atoms with van der Waals surface area (Å²) in [6, 6.07) is 0. The molecule has 6 heteroatoms. The first-order chi connectivity index (χ1) is 11.0. The quantitative estimate of drug-likeness (QED) is 0.829. The Balaban J connectivity index is 1.55. The van der Waals surface area contributed by atoms with E-state index in [1.54, 1.807) is 12.4 Å². The van der Waals surface area contributed by atoms with Gasteiger partial charge in [-0.15, -0.1) is 0 Å². The molecular weight excluding hydrogens is 292 g/mol. The molecule has 1 saturated carbocycles. The largest absolute Gasteiger partial charge is 0.476 e. The summed E-state index contributed by atoms with van der Waals surface area (Å²) in [5.74, 6) is 3.03. The van der Waals surface area contributed by atoms with Crippen molar-refractivity contribution in [3.63, 3.8) is 0 Å². The Bertz CT molecular complexity index is 555. The maximum Gasteiger partial charge on any atom is 0.234 e. The normalized spacial score (nSPS) is 24.0. The summed E-state index contributed by atoms with van der Waals surface area (Å²) in [7, 11) is 0. The van der Waals surface area contributed by atoms with E-state index < -0.39 is 0 Å². The lowest BCUT2D eigenvalue weighted by Crippen LogP contribution is -2.49. The highest BCUT2D eigenvalue weighted by Crippen LogP contribution is 2.39. The van der Waals surface area contributed by atoms with Crippen LogP contribution >= 0.6 is 0 Å². The third-order valence-electron chi connectivity index (χ3n) is 4.51. The number of nitrogens with zero attached hydrogens (tertiary/aromatic N) is 4. The highest BCUT2D eigenvalue weighted by Gasteiger charge is 2.42. The topological polar surface area (TPSA) is 58.6 Å². The van der Waals surface area contributed by atoms with E-state index in [1.807, 2.05) is 4.90 Å². The van der Waals surface area contributed by atoms with E-state index in [0.29, 0.717) is 30.2 Å². The molecule has 1 aliphatic carbocycles. The first kappa shape index (κ1) is 16.0. The Morgan fingerprint density at radius 3 is 2.61 bits per heavy atom. The van der Waals surface area contributed by atoms with Gasteiger partial charge in [0.05, 0.1) is 19.0 Å². The minimum atomic E-state index is 0.272. The van der Waals surface area contributed by atoms with E-state index >= 15 is 0 Å². The minimum Gasteiger partial charge on any atom is -0.476 e. The van der Waals surface area contributed by atoms with Gasteiger partial charge in [0.2, 0.25) is 11.8 Å². The zero-order valence-electron chi connectivity index (χ0n) is 14.2. The average molecular weight is 318 g/mol. The molecule has 1 aromatic rings. The molecule has 0 unspecified atom stereocenters. The van der Waals surface area contributed by atoms with Crippen molar-refractivity contribution >= 4 is 11.7 Å². The summed E-state index contributed by atoms with van der Waals surface area (Å²) in [5, 5.41) is 0. The molecule has 1 aromatic heterocycles. The number of carbonyl (C=O) groups is 1. The standard InChI is InChI=1S/C17H26N4O2/c1-12(2)11-23-16-10-18-9-15(19-16)20-4-6-21(7-5-20)17(22)14-8-13(14)3/h9-10,12-14H,4-8,11H2,1-3H3/t13-,14-/m0/s1. The third kappa shape index (κ3) is 3.92. The SMILES string of the molecule is CC(C)COc1cncc(N2CCN(C(=O)[C@H]3C[C@@H]3C)CC2)n1. The summed E-state index contributed by atoms with van der Waals surface area (Å²) in [6.45, 7) is 10.1. The Morgan fingerprint density at radius 1 is 1.30 bits per heavy atom. The molecule has 126 valence electrons. The molecular formula is C17H26N4O2. The summed E-state index contributed by atoms with van der Waals surface area (Å²) in [5.41, 5.74) is 0. The van der Waals surface area contributed by atoms with Crippen molar-refractivity contribution in [1.29, 1.82) is 0 Å². The maximum atomic E-state index is 12.3. The van der Waals surface area contributed by atoms with E-state index in [-0.39, 0.29) is 5.92 Å². The molecule has 0 radical (unpaired) electrons. The van der Waals surface area contributed by atoms with Crippen molar-refractivity contribution in [2.45, 2.75) is 27.2 Å². The third-order valence-corrected chi connectivity index (χ3v) is 4.51. The lowest BCUT2D eigenvalue weighted by atomic mass is 10.2. The van der Waals surface area contributed by atoms with Gasteiger partial charge >= 0.3 is 0 Å². The van der Waals surface area contributed by atoms with Crippen molar-refractivity contribution in [3.8, 4) is 5.88 Å². The average Bonchev–Trinajstić information content (AvgIpc) is 3.29. The van der Waals surface area contributed by atoms with Crippen LogP contribution in [0.4, 0.5) is 5.82 Å². The fourth-order valence-electron chi connectivity index (χ4n) is 2.87. The van der Waals surface area contributed by atoms with E-state index in [4.69, 9.17) is 4.74 Å². The Hall–Kier alpha value is -1.85. The maximum absolute atomic E-state index is 12.3. The van der Waals surface area contributed by atoms with Gasteiger partial charge in [0.25, 0.3) is 0 Å². The zero-order valence-corrected chi connectivity index (χ0v) is 14.2. The predicted octanol–water partition coefficient (Wildman–Crippen LogP) is 1.82. The predicted molar refractivity (Wildman–Crippen MR) is 88.4 cm³/mol. The molecule has 0 bridgehead atoms. The number of ether oxygens (including phenoxy) is 1. The van der Waals surface area contributed by atoms with Crippen LogP contribution < -0.4 is 9.64 Å². The number of hydrogen-bond acceptors (Lipinski definition) is 5. The van der Waals surface area contributed by atoms with Gasteiger partial charge in [-0.05, 0) is 18.3 Å². The van der Waals surface area contributed by atoms with E-state index in [0.717, 1.165) is 38.4 Å². The van der Waals surface area contributed by atoms with Crippen molar-refractivity contribution < 1.29 is 9.53 Å². The van der Waals surface area contributed by atoms with E-state index in [1.165, 1.54) is 0 Å². The zero-order chi connectivity index (χ0) is 16.4. The molecule has 6 nitrogen and oxygen atoms in total. The van der Waals surface area contributed by atoms with E-state index in [9.17, 15) is 4.79 Å². The highest BCUT2D eigenvalue weighted by molar-refractivity contribution is 5.81. The molecule has 1 saturated heterocycles. The van der Waals surface area contributed by atoms with Crippen LogP contribution in [0.3, 0.4) is 0 Å². The monoisotopic (exact) mass is 318 g/mol. The highest BCUT2D eigenvalue weighted by atomic mass is 16.5. The van der Waals surface area contributed by atoms with Gasteiger partial charge in [-0.1, -0.05) is 20.8 Å². The van der Waals surface area contributed by atoms with Crippen LogP contribution in [-0.2, 0) is 4.79 Å².